The van der Waals surface area contributed by atoms with Gasteiger partial charge in [-0.2, -0.15) is 0 Å². The van der Waals surface area contributed by atoms with Crippen LogP contribution in [0, 0.1) is 0 Å². The van der Waals surface area contributed by atoms with Crippen LogP contribution in [-0.4, -0.2) is 46.9 Å². The normalized spacial score (nSPS) is 13.8. The Kier molecular flexibility index (Phi) is 41.2. The molecule has 1 amide bonds. The number of carbonyl (C=O) groups excluding carboxylic acids is 2. The summed E-state index contributed by atoms with van der Waals surface area (Å²) in [7, 11) is 0. The topological polar surface area (TPSA) is 95.9 Å². The molecule has 3 unspecified atom stereocenters. The molecule has 3 atom stereocenters. The third kappa shape index (κ3) is 38.5. The molecule has 6 heteroatoms. The lowest BCUT2D eigenvalue weighted by atomic mass is 10.0. The second-order valence-corrected chi connectivity index (χ2v) is 15.8. The van der Waals surface area contributed by atoms with Crippen LogP contribution in [0.5, 0.6) is 0 Å². The lowest BCUT2D eigenvalue weighted by Crippen LogP contribution is -2.46. The van der Waals surface area contributed by atoms with Gasteiger partial charge >= 0.3 is 5.97 Å². The van der Waals surface area contributed by atoms with Crippen molar-refractivity contribution in [3.8, 4) is 0 Å². The molecular formula is C49H89NO5. The average molecular weight is 772 g/mol. The van der Waals surface area contributed by atoms with E-state index in [4.69, 9.17) is 4.74 Å². The van der Waals surface area contributed by atoms with Crippen LogP contribution in [0.15, 0.2) is 48.6 Å². The highest BCUT2D eigenvalue weighted by Gasteiger charge is 2.23. The number of ether oxygens (including phenoxy) is 1. The van der Waals surface area contributed by atoms with E-state index >= 15 is 0 Å². The van der Waals surface area contributed by atoms with Gasteiger partial charge in [-0.3, -0.25) is 9.59 Å². The van der Waals surface area contributed by atoms with E-state index in [0.29, 0.717) is 19.3 Å². The summed E-state index contributed by atoms with van der Waals surface area (Å²) in [5.41, 5.74) is 0. The van der Waals surface area contributed by atoms with Crippen molar-refractivity contribution in [1.82, 2.24) is 5.32 Å². The Morgan fingerprint density at radius 2 is 0.964 bits per heavy atom. The van der Waals surface area contributed by atoms with Gasteiger partial charge in [-0.15, -0.1) is 0 Å². The van der Waals surface area contributed by atoms with Crippen molar-refractivity contribution in [3.63, 3.8) is 0 Å². The van der Waals surface area contributed by atoms with Crippen LogP contribution in [0.2, 0.25) is 0 Å². The minimum absolute atomic E-state index is 0.0508. The molecule has 0 aliphatic carbocycles. The third-order valence-corrected chi connectivity index (χ3v) is 10.4. The molecule has 55 heavy (non-hydrogen) atoms. The van der Waals surface area contributed by atoms with Crippen LogP contribution >= 0.6 is 0 Å². The number of unbranched alkanes of at least 4 members (excludes halogenated alkanes) is 23. The van der Waals surface area contributed by atoms with Crippen molar-refractivity contribution < 1.29 is 24.5 Å². The van der Waals surface area contributed by atoms with Gasteiger partial charge in [0, 0.05) is 6.42 Å². The zero-order valence-electron chi connectivity index (χ0n) is 36.3. The lowest BCUT2D eigenvalue weighted by molar-refractivity contribution is -0.148. The van der Waals surface area contributed by atoms with E-state index in [2.05, 4.69) is 56.5 Å². The third-order valence-electron chi connectivity index (χ3n) is 10.4. The van der Waals surface area contributed by atoms with Gasteiger partial charge in [0.05, 0.1) is 25.2 Å². The first-order chi connectivity index (χ1) is 27.0. The van der Waals surface area contributed by atoms with Gasteiger partial charge in [0.1, 0.15) is 6.10 Å². The second kappa shape index (κ2) is 43.0. The minimum atomic E-state index is -0.817. The fraction of sp³-hybridized carbons (Fsp3) is 0.796. The largest absolute Gasteiger partial charge is 0.458 e. The molecule has 0 spiro atoms. The van der Waals surface area contributed by atoms with Crippen molar-refractivity contribution in [1.29, 1.82) is 0 Å². The maximum absolute atomic E-state index is 13.1. The van der Waals surface area contributed by atoms with Crippen molar-refractivity contribution in [2.45, 2.75) is 244 Å². The van der Waals surface area contributed by atoms with Crippen LogP contribution in [-0.2, 0) is 14.3 Å². The van der Waals surface area contributed by atoms with Crippen LogP contribution < -0.4 is 5.32 Å². The van der Waals surface area contributed by atoms with Gasteiger partial charge < -0.3 is 20.3 Å². The molecule has 0 heterocycles. The van der Waals surface area contributed by atoms with Gasteiger partial charge in [-0.25, -0.2) is 0 Å². The van der Waals surface area contributed by atoms with Crippen molar-refractivity contribution in [2.24, 2.45) is 0 Å². The molecule has 0 radical (unpaired) electrons. The minimum Gasteiger partial charge on any atom is -0.458 e. The van der Waals surface area contributed by atoms with Gasteiger partial charge in [0.15, 0.2) is 0 Å². The molecule has 0 aromatic carbocycles. The molecule has 6 nitrogen and oxygen atoms in total. The Morgan fingerprint density at radius 3 is 1.44 bits per heavy atom. The maximum atomic E-state index is 13.1. The first-order valence-electron chi connectivity index (χ1n) is 23.4. The molecule has 0 saturated carbocycles. The fourth-order valence-corrected chi connectivity index (χ4v) is 6.80. The summed E-state index contributed by atoms with van der Waals surface area (Å²) in [5, 5.41) is 23.6. The summed E-state index contributed by atoms with van der Waals surface area (Å²) in [4.78, 5) is 25.9. The Labute approximate surface area is 340 Å². The van der Waals surface area contributed by atoms with Gasteiger partial charge in [-0.1, -0.05) is 205 Å². The summed E-state index contributed by atoms with van der Waals surface area (Å²) in [6, 6.07) is -0.740. The van der Waals surface area contributed by atoms with E-state index in [1.54, 1.807) is 6.08 Å². The highest BCUT2D eigenvalue weighted by molar-refractivity contribution is 5.78. The van der Waals surface area contributed by atoms with Crippen LogP contribution in [0.25, 0.3) is 0 Å². The average Bonchev–Trinajstić information content (AvgIpc) is 3.18. The van der Waals surface area contributed by atoms with Crippen LogP contribution in [0.1, 0.15) is 226 Å². The number of rotatable bonds is 41. The summed E-state index contributed by atoms with van der Waals surface area (Å²) < 4.78 is 5.76. The van der Waals surface area contributed by atoms with E-state index in [-0.39, 0.29) is 31.3 Å². The summed E-state index contributed by atoms with van der Waals surface area (Å²) in [5.74, 6) is -0.684. The molecule has 0 fully saturated rings. The highest BCUT2D eigenvalue weighted by Crippen LogP contribution is 2.15. The number of amides is 1. The SMILES string of the molecule is CCCCCCCC/C=C\C/C=C/CCC(=O)OC(/C=C/C/C=C\CCCCCCCC)CC(=O)NC(CO)C(O)CCCCCCCCCCCCCC. The number of nitrogens with one attached hydrogen (secondary N) is 1. The van der Waals surface area contributed by atoms with Gasteiger partial charge in [-0.05, 0) is 57.4 Å². The zero-order valence-corrected chi connectivity index (χ0v) is 36.3. The number of aliphatic hydroxyl groups is 2. The van der Waals surface area contributed by atoms with Crippen molar-refractivity contribution >= 4 is 11.9 Å². The Morgan fingerprint density at radius 1 is 0.545 bits per heavy atom. The fourth-order valence-electron chi connectivity index (χ4n) is 6.80. The second-order valence-electron chi connectivity index (χ2n) is 15.8. The Bertz CT molecular complexity index is 957. The maximum Gasteiger partial charge on any atom is 0.306 e. The quantitative estimate of drug-likeness (QED) is 0.0327. The molecule has 3 N–H and O–H groups in total. The standard InChI is InChI=1S/C49H89NO5/c1-4-7-10-13-16-19-22-24-27-30-33-36-39-42-49(54)55-45(40-37-34-31-28-25-21-18-15-12-9-6-3)43-48(53)50-46(44-51)47(52)41-38-35-32-29-26-23-20-17-14-11-8-5-2/h24,27-28,31,33,36-37,40,45-47,51-52H,4-23,25-26,29-30,32,34-35,38-39,41-44H2,1-3H3,(H,50,53)/b27-24-,31-28-,36-33+,40-37+. The number of esters is 1. The molecular weight excluding hydrogens is 683 g/mol. The summed E-state index contributed by atoms with van der Waals surface area (Å²) >= 11 is 0. The van der Waals surface area contributed by atoms with Gasteiger partial charge in [0.25, 0.3) is 0 Å². The molecule has 0 aromatic heterocycles. The lowest BCUT2D eigenvalue weighted by Gasteiger charge is -2.23. The van der Waals surface area contributed by atoms with Crippen molar-refractivity contribution in [3.05, 3.63) is 48.6 Å². The molecule has 0 aromatic rings. The predicted molar refractivity (Wildman–Crippen MR) is 236 cm³/mol. The molecule has 0 bridgehead atoms. The first kappa shape index (κ1) is 52.8. The van der Waals surface area contributed by atoms with E-state index in [1.807, 2.05) is 12.2 Å². The van der Waals surface area contributed by atoms with Crippen LogP contribution in [0.4, 0.5) is 0 Å². The summed E-state index contributed by atoms with van der Waals surface area (Å²) in [6.07, 6.45) is 50.7. The molecule has 320 valence electrons. The van der Waals surface area contributed by atoms with E-state index < -0.39 is 18.2 Å². The van der Waals surface area contributed by atoms with E-state index in [0.717, 1.165) is 38.5 Å². The van der Waals surface area contributed by atoms with E-state index in [9.17, 15) is 19.8 Å². The monoisotopic (exact) mass is 772 g/mol. The predicted octanol–water partition coefficient (Wildman–Crippen LogP) is 13.5. The summed E-state index contributed by atoms with van der Waals surface area (Å²) in [6.45, 7) is 6.40. The Hall–Kier alpha value is -2.18. The molecule has 0 saturated heterocycles. The van der Waals surface area contributed by atoms with Gasteiger partial charge in [0.2, 0.25) is 5.91 Å². The highest BCUT2D eigenvalue weighted by atomic mass is 16.5. The molecule has 0 aliphatic rings. The smallest absolute Gasteiger partial charge is 0.306 e. The first-order valence-corrected chi connectivity index (χ1v) is 23.4. The number of aliphatic hydroxyl groups excluding tert-OH is 2. The number of hydrogen-bond donors (Lipinski definition) is 3. The number of allylic oxidation sites excluding steroid dienone is 7. The molecule has 0 rings (SSSR count). The van der Waals surface area contributed by atoms with Crippen LogP contribution in [0.3, 0.4) is 0 Å². The number of hydrogen-bond acceptors (Lipinski definition) is 5. The van der Waals surface area contributed by atoms with Crippen molar-refractivity contribution in [2.75, 3.05) is 6.61 Å². The number of carbonyl (C=O) groups is 2. The zero-order chi connectivity index (χ0) is 40.3. The molecule has 0 aliphatic heterocycles. The van der Waals surface area contributed by atoms with E-state index in [1.165, 1.54) is 135 Å². The Balaban J connectivity index is 4.73.